The summed E-state index contributed by atoms with van der Waals surface area (Å²) in [6.45, 7) is 2.18. The van der Waals surface area contributed by atoms with Crippen LogP contribution in [0.3, 0.4) is 0 Å². The minimum absolute atomic E-state index is 0.0993. The summed E-state index contributed by atoms with van der Waals surface area (Å²) in [4.78, 5) is 0. The van der Waals surface area contributed by atoms with Gasteiger partial charge in [0.1, 0.15) is 0 Å². The second-order valence-electron chi connectivity index (χ2n) is 5.78. The molecule has 0 spiro atoms. The molecular formula is C16H22O. The normalized spacial score (nSPS) is 32.2. The third-order valence-corrected chi connectivity index (χ3v) is 4.79. The van der Waals surface area contributed by atoms with Gasteiger partial charge in [-0.05, 0) is 54.6 Å². The molecule has 3 unspecified atom stereocenters. The molecule has 0 saturated heterocycles. The Hall–Kier alpha value is -0.820. The maximum atomic E-state index is 10.3. The van der Waals surface area contributed by atoms with E-state index in [2.05, 4.69) is 31.2 Å². The van der Waals surface area contributed by atoms with Crippen molar-refractivity contribution in [3.05, 3.63) is 35.4 Å². The Bertz CT molecular complexity index is 371. The van der Waals surface area contributed by atoms with Crippen molar-refractivity contribution in [2.24, 2.45) is 17.8 Å². The lowest BCUT2D eigenvalue weighted by atomic mass is 9.99. The second-order valence-corrected chi connectivity index (χ2v) is 5.78. The van der Waals surface area contributed by atoms with Crippen molar-refractivity contribution >= 4 is 0 Å². The third-order valence-electron chi connectivity index (χ3n) is 4.79. The van der Waals surface area contributed by atoms with Crippen LogP contribution in [-0.2, 0) is 12.8 Å². The number of rotatable bonds is 4. The van der Waals surface area contributed by atoms with Crippen LogP contribution in [0.25, 0.3) is 0 Å². The number of benzene rings is 1. The summed E-state index contributed by atoms with van der Waals surface area (Å²) in [7, 11) is 0. The van der Waals surface area contributed by atoms with Gasteiger partial charge in [0.2, 0.25) is 0 Å². The highest BCUT2D eigenvalue weighted by Gasteiger charge is 2.55. The molecule has 3 rings (SSSR count). The zero-order valence-electron chi connectivity index (χ0n) is 10.6. The smallest absolute Gasteiger partial charge is 0.0614 e. The topological polar surface area (TPSA) is 20.2 Å². The lowest BCUT2D eigenvalue weighted by molar-refractivity contribution is 0.135. The van der Waals surface area contributed by atoms with Crippen molar-refractivity contribution in [2.45, 2.75) is 45.1 Å². The first kappa shape index (κ1) is 11.3. The maximum absolute atomic E-state index is 10.3. The van der Waals surface area contributed by atoms with E-state index in [1.54, 1.807) is 0 Å². The molecule has 1 nitrogen and oxygen atoms in total. The van der Waals surface area contributed by atoms with Crippen molar-refractivity contribution in [3.63, 3.8) is 0 Å². The first-order valence-corrected chi connectivity index (χ1v) is 7.05. The van der Waals surface area contributed by atoms with Crippen LogP contribution in [0, 0.1) is 17.8 Å². The molecule has 0 radical (unpaired) electrons. The van der Waals surface area contributed by atoms with E-state index < -0.39 is 0 Å². The van der Waals surface area contributed by atoms with Gasteiger partial charge < -0.3 is 5.11 Å². The molecule has 0 bridgehead atoms. The van der Waals surface area contributed by atoms with Crippen LogP contribution in [0.4, 0.5) is 0 Å². The monoisotopic (exact) mass is 230 g/mol. The van der Waals surface area contributed by atoms with Gasteiger partial charge in [-0.25, -0.2) is 0 Å². The van der Waals surface area contributed by atoms with Crippen molar-refractivity contribution in [2.75, 3.05) is 0 Å². The number of hydrogen-bond donors (Lipinski definition) is 1. The highest BCUT2D eigenvalue weighted by molar-refractivity contribution is 5.23. The Morgan fingerprint density at radius 3 is 2.29 bits per heavy atom. The van der Waals surface area contributed by atoms with E-state index in [-0.39, 0.29) is 6.10 Å². The summed E-state index contributed by atoms with van der Waals surface area (Å²) in [6.07, 6.45) is 5.96. The van der Waals surface area contributed by atoms with E-state index in [0.29, 0.717) is 5.92 Å². The molecule has 2 aliphatic carbocycles. The number of fused-ring (bicyclic) bond motifs is 1. The summed E-state index contributed by atoms with van der Waals surface area (Å²) in [5.41, 5.74) is 2.67. The fourth-order valence-electron chi connectivity index (χ4n) is 3.74. The predicted molar refractivity (Wildman–Crippen MR) is 69.9 cm³/mol. The zero-order valence-corrected chi connectivity index (χ0v) is 10.6. The van der Waals surface area contributed by atoms with Crippen molar-refractivity contribution in [3.8, 4) is 0 Å². The molecule has 0 heterocycles. The van der Waals surface area contributed by atoms with E-state index in [0.717, 1.165) is 24.7 Å². The lowest BCUT2D eigenvalue weighted by Crippen LogP contribution is -2.16. The van der Waals surface area contributed by atoms with Gasteiger partial charge >= 0.3 is 0 Å². The van der Waals surface area contributed by atoms with E-state index in [4.69, 9.17) is 0 Å². The van der Waals surface area contributed by atoms with E-state index in [1.807, 2.05) is 0 Å². The molecule has 92 valence electrons. The molecule has 1 aromatic rings. The van der Waals surface area contributed by atoms with Gasteiger partial charge in [0, 0.05) is 0 Å². The Balaban J connectivity index is 1.59. The van der Waals surface area contributed by atoms with Gasteiger partial charge in [0.15, 0.2) is 0 Å². The highest BCUT2D eigenvalue weighted by Crippen LogP contribution is 2.59. The summed E-state index contributed by atoms with van der Waals surface area (Å²) >= 11 is 0. The van der Waals surface area contributed by atoms with Crippen LogP contribution in [-0.4, -0.2) is 11.2 Å². The number of aryl methyl sites for hydroxylation is 1. The first-order chi connectivity index (χ1) is 8.29. The van der Waals surface area contributed by atoms with Gasteiger partial charge in [0.05, 0.1) is 6.10 Å². The van der Waals surface area contributed by atoms with Crippen LogP contribution in [0.15, 0.2) is 24.3 Å². The summed E-state index contributed by atoms with van der Waals surface area (Å²) in [5, 5.41) is 10.3. The quantitative estimate of drug-likeness (QED) is 0.842. The largest absolute Gasteiger partial charge is 0.392 e. The standard InChI is InChI=1S/C16H22O/c1-2-11-6-8-12(9-7-11)10-15(17)16-13-4-3-5-14(13)16/h6-9,13-17H,2-5,10H2,1H3. The van der Waals surface area contributed by atoms with Crippen molar-refractivity contribution < 1.29 is 5.11 Å². The van der Waals surface area contributed by atoms with E-state index in [9.17, 15) is 5.11 Å². The molecular weight excluding hydrogens is 208 g/mol. The summed E-state index contributed by atoms with van der Waals surface area (Å²) in [5.74, 6) is 2.34. The fourth-order valence-corrected chi connectivity index (χ4v) is 3.74. The molecule has 1 N–H and O–H groups in total. The molecule has 2 fully saturated rings. The van der Waals surface area contributed by atoms with Crippen molar-refractivity contribution in [1.82, 2.24) is 0 Å². The average Bonchev–Trinajstić information content (AvgIpc) is 2.85. The van der Waals surface area contributed by atoms with Crippen molar-refractivity contribution in [1.29, 1.82) is 0 Å². The molecule has 1 heteroatoms. The molecule has 1 aromatic carbocycles. The zero-order chi connectivity index (χ0) is 11.8. The highest BCUT2D eigenvalue weighted by atomic mass is 16.3. The van der Waals surface area contributed by atoms with Crippen LogP contribution in [0.1, 0.15) is 37.3 Å². The molecule has 2 saturated carbocycles. The van der Waals surface area contributed by atoms with Crippen LogP contribution >= 0.6 is 0 Å². The van der Waals surface area contributed by atoms with Crippen LogP contribution in [0.5, 0.6) is 0 Å². The SMILES string of the molecule is CCc1ccc(CC(O)C2C3CCCC32)cc1. The van der Waals surface area contributed by atoms with Gasteiger partial charge in [-0.15, -0.1) is 0 Å². The number of aliphatic hydroxyl groups is 1. The summed E-state index contributed by atoms with van der Waals surface area (Å²) in [6, 6.07) is 8.74. The molecule has 3 atom stereocenters. The average molecular weight is 230 g/mol. The maximum Gasteiger partial charge on any atom is 0.0614 e. The van der Waals surface area contributed by atoms with Gasteiger partial charge in [-0.3, -0.25) is 0 Å². The minimum Gasteiger partial charge on any atom is -0.392 e. The molecule has 17 heavy (non-hydrogen) atoms. The number of aliphatic hydroxyl groups excluding tert-OH is 1. The first-order valence-electron chi connectivity index (χ1n) is 7.05. The van der Waals surface area contributed by atoms with Gasteiger partial charge in [-0.1, -0.05) is 37.6 Å². The molecule has 2 aliphatic rings. The Morgan fingerprint density at radius 1 is 1.12 bits per heavy atom. The molecule has 0 aliphatic heterocycles. The fraction of sp³-hybridized carbons (Fsp3) is 0.625. The second kappa shape index (κ2) is 4.45. The van der Waals surface area contributed by atoms with Crippen LogP contribution < -0.4 is 0 Å². The van der Waals surface area contributed by atoms with Gasteiger partial charge in [-0.2, -0.15) is 0 Å². The predicted octanol–water partition coefficient (Wildman–Crippen LogP) is 3.20. The van der Waals surface area contributed by atoms with E-state index >= 15 is 0 Å². The summed E-state index contributed by atoms with van der Waals surface area (Å²) < 4.78 is 0. The van der Waals surface area contributed by atoms with E-state index in [1.165, 1.54) is 30.4 Å². The Morgan fingerprint density at radius 2 is 1.71 bits per heavy atom. The molecule has 0 aromatic heterocycles. The minimum atomic E-state index is -0.0993. The van der Waals surface area contributed by atoms with Gasteiger partial charge in [0.25, 0.3) is 0 Å². The lowest BCUT2D eigenvalue weighted by Gasteiger charge is -2.12. The third kappa shape index (κ3) is 2.13. The van der Waals surface area contributed by atoms with Crippen LogP contribution in [0.2, 0.25) is 0 Å². The Kier molecular flexibility index (Phi) is 2.96. The number of hydrogen-bond acceptors (Lipinski definition) is 1. The Labute approximate surface area is 104 Å². The molecule has 0 amide bonds.